The van der Waals surface area contributed by atoms with Crippen molar-refractivity contribution < 1.29 is 143 Å². The minimum atomic E-state index is -1.47. The lowest BCUT2D eigenvalue weighted by Gasteiger charge is -2.31. The highest BCUT2D eigenvalue weighted by Gasteiger charge is 2.45. The average molecular weight is 1530 g/mol. The van der Waals surface area contributed by atoms with Crippen molar-refractivity contribution in [1.82, 2.24) is 0 Å². The van der Waals surface area contributed by atoms with Crippen LogP contribution < -0.4 is 0 Å². The van der Waals surface area contributed by atoms with E-state index in [0.29, 0.717) is 0 Å². The van der Waals surface area contributed by atoms with E-state index in [1.807, 2.05) is 0 Å². The van der Waals surface area contributed by atoms with E-state index in [9.17, 15) is 71.9 Å². The van der Waals surface area contributed by atoms with E-state index in [1.54, 1.807) is 62.3 Å². The van der Waals surface area contributed by atoms with Gasteiger partial charge in [-0.3, -0.25) is 71.9 Å². The van der Waals surface area contributed by atoms with Crippen LogP contribution in [0.15, 0.2) is 0 Å². The van der Waals surface area contributed by atoms with Crippen LogP contribution >= 0.6 is 0 Å². The molecular formula is C77H126O30. The second-order valence-corrected chi connectivity index (χ2v) is 26.4. The minimum Gasteiger partial charge on any atom is -0.466 e. The first kappa shape index (κ1) is 99.0. The number of esters is 15. The molecule has 0 saturated carbocycles. The zero-order valence-corrected chi connectivity index (χ0v) is 66.8. The van der Waals surface area contributed by atoms with E-state index in [-0.39, 0.29) is 131 Å². The Morgan fingerprint density at radius 2 is 0.308 bits per heavy atom. The van der Waals surface area contributed by atoms with Crippen LogP contribution in [0.1, 0.15) is 215 Å². The maximum absolute atomic E-state index is 14.6. The normalized spacial score (nSPS) is 15.2. The number of hydrogen-bond acceptors (Lipinski definition) is 30. The van der Waals surface area contributed by atoms with Crippen molar-refractivity contribution in [3.8, 4) is 0 Å². The van der Waals surface area contributed by atoms with Crippen LogP contribution in [0.4, 0.5) is 0 Å². The number of rotatable bonds is 58. The molecule has 0 saturated heterocycles. The van der Waals surface area contributed by atoms with Gasteiger partial charge in [0.05, 0.1) is 187 Å². The Hall–Kier alpha value is -7.95. The van der Waals surface area contributed by atoms with E-state index in [0.717, 1.165) is 0 Å². The van der Waals surface area contributed by atoms with E-state index in [2.05, 4.69) is 0 Å². The fourth-order valence-corrected chi connectivity index (χ4v) is 13.1. The van der Waals surface area contributed by atoms with Crippen LogP contribution in [0, 0.1) is 88.3 Å². The Bertz CT molecular complexity index is 2760. The Labute approximate surface area is 632 Å². The Balaban J connectivity index is 8.41. The second-order valence-electron chi connectivity index (χ2n) is 26.4. The van der Waals surface area contributed by atoms with Crippen molar-refractivity contribution in [3.05, 3.63) is 0 Å². The van der Waals surface area contributed by atoms with Crippen molar-refractivity contribution in [2.45, 2.75) is 215 Å². The largest absolute Gasteiger partial charge is 0.466 e. The minimum absolute atomic E-state index is 0.0445. The lowest BCUT2D eigenvalue weighted by molar-refractivity contribution is -0.161. The Morgan fingerprint density at radius 1 is 0.187 bits per heavy atom. The van der Waals surface area contributed by atoms with Gasteiger partial charge in [-0.15, -0.1) is 0 Å². The third kappa shape index (κ3) is 37.1. The van der Waals surface area contributed by atoms with Gasteiger partial charge in [0, 0.05) is 0 Å². The summed E-state index contributed by atoms with van der Waals surface area (Å²) in [6.07, 6.45) is -5.58. The van der Waals surface area contributed by atoms with Gasteiger partial charge in [0.25, 0.3) is 0 Å². The summed E-state index contributed by atoms with van der Waals surface area (Å²) in [5, 5.41) is 0. The van der Waals surface area contributed by atoms with Gasteiger partial charge in [0.2, 0.25) is 0 Å². The van der Waals surface area contributed by atoms with E-state index in [4.69, 9.17) is 71.1 Å². The molecular weight excluding hydrogens is 1400 g/mol. The fraction of sp³-hybridized carbons (Fsp3) is 0.805. The lowest BCUT2D eigenvalue weighted by Crippen LogP contribution is -2.37. The van der Waals surface area contributed by atoms with Gasteiger partial charge in [-0.1, -0.05) is 6.92 Å². The van der Waals surface area contributed by atoms with Crippen molar-refractivity contribution >= 4 is 89.5 Å². The zero-order chi connectivity index (χ0) is 81.4. The maximum Gasteiger partial charge on any atom is 0.311 e. The molecule has 0 aromatic carbocycles. The smallest absolute Gasteiger partial charge is 0.311 e. The van der Waals surface area contributed by atoms with Crippen LogP contribution in [0.25, 0.3) is 0 Å². The summed E-state index contributed by atoms with van der Waals surface area (Å²) >= 11 is 0. The SMILES string of the molecule is CCOC(=O)C(C)CC(CC(CC(CC(CC(CC(CC(CC(CC(CC(CC(CC(CC(CC(C)(C)C(=O)OCC)C(=O)OCC)C(=O)OCC)C(=O)OCC)C(=O)OCC)C(=O)OCC)C(=O)OCC)C(=O)OCC)C(=O)OCC)C(=O)OCC)C(=O)OCC)C(=O)OCC)C(=O)OCC)C(=O)OCC. The van der Waals surface area contributed by atoms with Crippen molar-refractivity contribution in [3.63, 3.8) is 0 Å². The summed E-state index contributed by atoms with van der Waals surface area (Å²) in [6.45, 7) is 25.9. The molecule has 0 aromatic heterocycles. The molecule has 0 N–H and O–H groups in total. The highest BCUT2D eigenvalue weighted by Crippen LogP contribution is 2.40. The molecule has 0 aliphatic carbocycles. The van der Waals surface area contributed by atoms with Crippen molar-refractivity contribution in [2.75, 3.05) is 99.1 Å². The summed E-state index contributed by atoms with van der Waals surface area (Å²) < 4.78 is 82.4. The van der Waals surface area contributed by atoms with Crippen LogP contribution in [-0.4, -0.2) is 189 Å². The quantitative estimate of drug-likeness (QED) is 0.0404. The highest BCUT2D eigenvalue weighted by molar-refractivity contribution is 5.84. The summed E-state index contributed by atoms with van der Waals surface area (Å²) in [6, 6.07) is 0. The van der Waals surface area contributed by atoms with Crippen molar-refractivity contribution in [2.24, 2.45) is 88.3 Å². The topological polar surface area (TPSA) is 394 Å². The third-order valence-electron chi connectivity index (χ3n) is 17.8. The summed E-state index contributed by atoms with van der Waals surface area (Å²) in [4.78, 5) is 211. The predicted octanol–water partition coefficient (Wildman–Crippen LogP) is 9.57. The van der Waals surface area contributed by atoms with Crippen LogP contribution in [0.5, 0.6) is 0 Å². The summed E-state index contributed by atoms with van der Waals surface area (Å²) in [5.74, 6) is -30.9. The summed E-state index contributed by atoms with van der Waals surface area (Å²) in [5.41, 5.74) is -1.27. The predicted molar refractivity (Wildman–Crippen MR) is 382 cm³/mol. The van der Waals surface area contributed by atoms with Gasteiger partial charge in [0.15, 0.2) is 0 Å². The second kappa shape index (κ2) is 55.5. The Morgan fingerprint density at radius 3 is 0.458 bits per heavy atom. The van der Waals surface area contributed by atoms with Gasteiger partial charge in [-0.05, 0) is 208 Å². The summed E-state index contributed by atoms with van der Waals surface area (Å²) in [7, 11) is 0. The average Bonchev–Trinajstić information content (AvgIpc) is 0.842. The van der Waals surface area contributed by atoms with Crippen LogP contribution in [-0.2, 0) is 143 Å². The molecule has 0 aliphatic rings. The van der Waals surface area contributed by atoms with Crippen LogP contribution in [0.3, 0.4) is 0 Å². The van der Waals surface area contributed by atoms with Gasteiger partial charge in [-0.2, -0.15) is 0 Å². The van der Waals surface area contributed by atoms with E-state index in [1.165, 1.54) is 62.3 Å². The Kier molecular flexibility index (Phi) is 51.3. The number of ether oxygens (including phenoxy) is 15. The molecule has 0 spiro atoms. The molecule has 0 aromatic rings. The zero-order valence-electron chi connectivity index (χ0n) is 66.8. The van der Waals surface area contributed by atoms with Crippen LogP contribution in [0.2, 0.25) is 0 Å². The molecule has 107 heavy (non-hydrogen) atoms. The molecule has 0 heterocycles. The first-order valence-electron chi connectivity index (χ1n) is 38.3. The first-order chi connectivity index (χ1) is 50.8. The lowest BCUT2D eigenvalue weighted by atomic mass is 9.75. The van der Waals surface area contributed by atoms with Crippen molar-refractivity contribution in [1.29, 1.82) is 0 Å². The van der Waals surface area contributed by atoms with Gasteiger partial charge < -0.3 is 71.1 Å². The molecule has 0 fully saturated rings. The number of carbonyl (C=O) groups is 15. The standard InChI is InChI=1S/C77H126O30/c1-19-93-62(78)48(16)34-49(63(79)94-20-2)35-50(64(80)95-21-3)36-51(65(81)96-22-4)37-52(66(82)97-23-5)38-53(67(83)98-24-6)39-54(68(84)99-25-7)40-55(69(85)100-26-8)41-56(70(86)101-27-9)42-57(71(87)102-28-10)43-58(72(88)103-29-11)44-59(73(89)104-30-12)45-60(74(90)105-31-13)46-61(75(91)106-32-14)47-77(17,18)76(92)107-33-15/h48-61H,19-47H2,1-18H3. The number of hydrogen-bond donors (Lipinski definition) is 0. The highest BCUT2D eigenvalue weighted by atomic mass is 16.6. The van der Waals surface area contributed by atoms with E-state index < -0.39 is 236 Å². The van der Waals surface area contributed by atoms with E-state index >= 15 is 0 Å². The molecule has 0 bridgehead atoms. The fourth-order valence-electron chi connectivity index (χ4n) is 13.1. The molecule has 614 valence electrons. The number of carbonyl (C=O) groups excluding carboxylic acids is 15. The molecule has 30 nitrogen and oxygen atoms in total. The molecule has 30 heteroatoms. The van der Waals surface area contributed by atoms with Gasteiger partial charge in [-0.25, -0.2) is 0 Å². The molecule has 0 amide bonds. The molecule has 14 atom stereocenters. The monoisotopic (exact) mass is 1530 g/mol. The molecule has 0 aliphatic heterocycles. The molecule has 0 radical (unpaired) electrons. The van der Waals surface area contributed by atoms with Gasteiger partial charge >= 0.3 is 89.5 Å². The molecule has 14 unspecified atom stereocenters. The maximum atomic E-state index is 14.6. The van der Waals surface area contributed by atoms with Gasteiger partial charge in [0.1, 0.15) is 0 Å². The molecule has 0 rings (SSSR count). The first-order valence-corrected chi connectivity index (χ1v) is 38.3. The third-order valence-corrected chi connectivity index (χ3v) is 17.8.